The zero-order chi connectivity index (χ0) is 8.97. The van der Waals surface area contributed by atoms with E-state index in [1.54, 1.807) is 0 Å². The van der Waals surface area contributed by atoms with Gasteiger partial charge in [-0.25, -0.2) is 9.10 Å². The van der Waals surface area contributed by atoms with E-state index in [0.29, 0.717) is 13.1 Å². The highest BCUT2D eigenvalue weighted by Crippen LogP contribution is 2.13. The molecule has 0 aliphatic carbocycles. The summed E-state index contributed by atoms with van der Waals surface area (Å²) in [6.07, 6.45) is 0.927. The number of nitrogens with zero attached hydrogens (tertiary/aromatic N) is 2. The Morgan fingerprint density at radius 3 is 2.42 bits per heavy atom. The SMILES string of the molecule is O=C(F)N=S(F)N1CCCCC1. The maximum absolute atomic E-state index is 12.9. The van der Waals surface area contributed by atoms with Crippen LogP contribution < -0.4 is 0 Å². The van der Waals surface area contributed by atoms with Crippen molar-refractivity contribution in [3.05, 3.63) is 0 Å². The van der Waals surface area contributed by atoms with Crippen molar-refractivity contribution in [1.29, 1.82) is 0 Å². The van der Waals surface area contributed by atoms with Crippen molar-refractivity contribution >= 4 is 17.4 Å². The predicted octanol–water partition coefficient (Wildman–Crippen LogP) is 2.16. The lowest BCUT2D eigenvalue weighted by Crippen LogP contribution is -2.29. The zero-order valence-corrected chi connectivity index (χ0v) is 7.32. The van der Waals surface area contributed by atoms with Gasteiger partial charge in [0.05, 0.1) is 0 Å². The van der Waals surface area contributed by atoms with Crippen LogP contribution in [-0.4, -0.2) is 23.6 Å². The van der Waals surface area contributed by atoms with Crippen LogP contribution in [-0.2, 0) is 11.3 Å². The Morgan fingerprint density at radius 2 is 1.92 bits per heavy atom. The molecule has 0 radical (unpaired) electrons. The molecule has 1 unspecified atom stereocenters. The second-order valence-corrected chi connectivity index (χ2v) is 3.69. The summed E-state index contributed by atoms with van der Waals surface area (Å²) in [4.78, 5) is 9.80. The molecule has 0 aromatic heterocycles. The van der Waals surface area contributed by atoms with Gasteiger partial charge in [0.15, 0.2) is 11.3 Å². The quantitative estimate of drug-likeness (QED) is 0.475. The lowest BCUT2D eigenvalue weighted by molar-refractivity contribution is 0.231. The van der Waals surface area contributed by atoms with E-state index in [1.165, 1.54) is 4.31 Å². The van der Waals surface area contributed by atoms with Crippen molar-refractivity contribution in [3.63, 3.8) is 0 Å². The fraction of sp³-hybridized carbons (Fsp3) is 0.833. The molecular weight excluding hydrogens is 186 g/mol. The van der Waals surface area contributed by atoms with Crippen LogP contribution in [0.15, 0.2) is 4.36 Å². The highest BCUT2D eigenvalue weighted by atomic mass is 32.2. The molecule has 1 atom stereocenters. The van der Waals surface area contributed by atoms with Gasteiger partial charge in [-0.2, -0.15) is 0 Å². The van der Waals surface area contributed by atoms with Crippen LogP contribution in [0.25, 0.3) is 0 Å². The Balaban J connectivity index is 2.49. The molecule has 0 saturated carbocycles. The fourth-order valence-corrected chi connectivity index (χ4v) is 1.93. The van der Waals surface area contributed by atoms with Crippen LogP contribution in [0.2, 0.25) is 0 Å². The first-order valence-electron chi connectivity index (χ1n) is 3.77. The molecule has 3 nitrogen and oxygen atoms in total. The average Bonchev–Trinajstić information content (AvgIpc) is 2.05. The monoisotopic (exact) mass is 196 g/mol. The molecule has 1 fully saturated rings. The Hall–Kier alpha value is -0.360. The summed E-state index contributed by atoms with van der Waals surface area (Å²) >= 11 is -2.05. The second kappa shape index (κ2) is 4.61. The van der Waals surface area contributed by atoms with Crippen molar-refractivity contribution in [2.45, 2.75) is 19.3 Å². The molecular formula is C6H10F2N2OS. The van der Waals surface area contributed by atoms with Crippen molar-refractivity contribution in [2.24, 2.45) is 4.36 Å². The molecule has 6 heteroatoms. The summed E-state index contributed by atoms with van der Waals surface area (Å²) in [5, 5.41) is 0. The Morgan fingerprint density at radius 1 is 1.33 bits per heavy atom. The molecule has 0 bridgehead atoms. The third kappa shape index (κ3) is 2.94. The van der Waals surface area contributed by atoms with Gasteiger partial charge >= 0.3 is 6.16 Å². The molecule has 1 saturated heterocycles. The molecule has 1 aliphatic heterocycles. The van der Waals surface area contributed by atoms with E-state index in [0.717, 1.165) is 19.3 Å². The summed E-state index contributed by atoms with van der Waals surface area (Å²) in [6.45, 7) is 1.13. The standard InChI is InChI=1S/C6H10F2N2OS/c7-6(11)9-12(8)10-4-2-1-3-5-10/h1-5H2. The number of hydrogen-bond donors (Lipinski definition) is 0. The van der Waals surface area contributed by atoms with Gasteiger partial charge in [0.25, 0.3) is 0 Å². The summed E-state index contributed by atoms with van der Waals surface area (Å²) in [6, 6.07) is 0. The van der Waals surface area contributed by atoms with Crippen molar-refractivity contribution in [1.82, 2.24) is 4.31 Å². The van der Waals surface area contributed by atoms with Gasteiger partial charge in [0, 0.05) is 13.1 Å². The molecule has 1 rings (SSSR count). The van der Waals surface area contributed by atoms with Gasteiger partial charge in [0.1, 0.15) is 0 Å². The van der Waals surface area contributed by atoms with Gasteiger partial charge in [-0.15, -0.1) is 12.6 Å². The summed E-state index contributed by atoms with van der Waals surface area (Å²) in [7, 11) is 0. The average molecular weight is 196 g/mol. The number of hydrogen-bond acceptors (Lipinski definition) is 1. The third-order valence-electron chi connectivity index (χ3n) is 1.68. The predicted molar refractivity (Wildman–Crippen MR) is 42.8 cm³/mol. The van der Waals surface area contributed by atoms with Crippen LogP contribution >= 0.6 is 0 Å². The molecule has 12 heavy (non-hydrogen) atoms. The third-order valence-corrected chi connectivity index (χ3v) is 2.76. The number of rotatable bonds is 1. The van der Waals surface area contributed by atoms with Crippen LogP contribution in [0.1, 0.15) is 19.3 Å². The maximum Gasteiger partial charge on any atom is 0.433 e. The number of carbonyl (C=O) groups excluding carboxylic acids is 1. The van der Waals surface area contributed by atoms with Gasteiger partial charge in [-0.3, -0.25) is 0 Å². The zero-order valence-electron chi connectivity index (χ0n) is 6.50. The molecule has 1 aliphatic rings. The van der Waals surface area contributed by atoms with E-state index in [1.807, 2.05) is 0 Å². The van der Waals surface area contributed by atoms with Gasteiger partial charge < -0.3 is 0 Å². The van der Waals surface area contributed by atoms with Gasteiger partial charge in [0.2, 0.25) is 0 Å². The van der Waals surface area contributed by atoms with Gasteiger partial charge in [-0.05, 0) is 12.8 Å². The van der Waals surface area contributed by atoms with Crippen molar-refractivity contribution < 1.29 is 13.1 Å². The largest absolute Gasteiger partial charge is 0.433 e. The molecule has 0 aromatic rings. The first kappa shape index (κ1) is 9.73. The van der Waals surface area contributed by atoms with E-state index in [4.69, 9.17) is 0 Å². The summed E-state index contributed by atoms with van der Waals surface area (Å²) in [5.41, 5.74) is 0. The number of carbonyl (C=O) groups is 1. The Labute approximate surface area is 72.3 Å². The fourth-order valence-electron chi connectivity index (χ4n) is 1.13. The van der Waals surface area contributed by atoms with Crippen LogP contribution in [0.3, 0.4) is 0 Å². The molecule has 1 heterocycles. The highest BCUT2D eigenvalue weighted by Gasteiger charge is 2.15. The molecule has 0 aromatic carbocycles. The van der Waals surface area contributed by atoms with Gasteiger partial charge in [-0.1, -0.05) is 6.42 Å². The summed E-state index contributed by atoms with van der Waals surface area (Å²) < 4.78 is 28.6. The highest BCUT2D eigenvalue weighted by molar-refractivity contribution is 7.80. The topological polar surface area (TPSA) is 32.7 Å². The Kier molecular flexibility index (Phi) is 3.74. The first-order valence-corrected chi connectivity index (χ1v) is 4.81. The minimum atomic E-state index is -2.05. The first-order chi connectivity index (χ1) is 5.70. The minimum absolute atomic E-state index is 0.566. The van der Waals surface area contributed by atoms with Crippen LogP contribution in [0, 0.1) is 0 Å². The smallest absolute Gasteiger partial charge is 0.231 e. The number of amides is 1. The van der Waals surface area contributed by atoms with E-state index in [-0.39, 0.29) is 0 Å². The van der Waals surface area contributed by atoms with Crippen molar-refractivity contribution in [2.75, 3.05) is 13.1 Å². The number of halogens is 2. The molecule has 0 spiro atoms. The lowest BCUT2D eigenvalue weighted by atomic mass is 10.2. The molecule has 1 amide bonds. The van der Waals surface area contributed by atoms with E-state index >= 15 is 0 Å². The minimum Gasteiger partial charge on any atom is -0.231 e. The lowest BCUT2D eigenvalue weighted by Gasteiger charge is -2.22. The van der Waals surface area contributed by atoms with Crippen LogP contribution in [0.5, 0.6) is 0 Å². The summed E-state index contributed by atoms with van der Waals surface area (Å²) in [5.74, 6) is 0. The van der Waals surface area contributed by atoms with E-state index < -0.39 is 17.4 Å². The molecule has 0 N–H and O–H groups in total. The Bertz CT molecular complexity index is 204. The van der Waals surface area contributed by atoms with Crippen molar-refractivity contribution in [3.8, 4) is 0 Å². The second-order valence-electron chi connectivity index (χ2n) is 2.55. The number of piperidine rings is 1. The van der Waals surface area contributed by atoms with E-state index in [9.17, 15) is 13.1 Å². The van der Waals surface area contributed by atoms with Crippen LogP contribution in [0.4, 0.5) is 13.1 Å². The normalized spacial score (nSPS) is 22.5. The van der Waals surface area contributed by atoms with E-state index in [2.05, 4.69) is 4.36 Å². The maximum atomic E-state index is 12.9. The molecule has 70 valence electrons.